The standard InChI is InChI=1S/C2H6OS.C2H4.2ClH.Pt/c1-4(2)3;1-2;;;/h1-2H3;1-2H2;2*1H;/q;;;;+2/p-2. The predicted molar refractivity (Wildman–Crippen MR) is 43.0 cm³/mol. The molecule has 0 aliphatic carbocycles. The molecule has 1 nitrogen and oxygen atoms in total. The van der Waals surface area contributed by atoms with Crippen molar-refractivity contribution in [3.63, 3.8) is 0 Å². The minimum atomic E-state index is -0.611. The molecule has 0 aromatic carbocycles. The molecule has 0 fully saturated rings. The van der Waals surface area contributed by atoms with Crippen molar-refractivity contribution in [2.75, 3.05) is 12.5 Å². The molecule has 0 bridgehead atoms. The van der Waals surface area contributed by atoms with Gasteiger partial charge in [-0.1, -0.05) is 0 Å². The van der Waals surface area contributed by atoms with Gasteiger partial charge in [0.15, 0.2) is 0 Å². The molecular formula is C4H10Cl2OPtS. The summed E-state index contributed by atoms with van der Waals surface area (Å²) in [6, 6.07) is 0. The van der Waals surface area contributed by atoms with E-state index in [2.05, 4.69) is 13.2 Å². The second-order valence-corrected chi connectivity index (χ2v) is 5.55. The Morgan fingerprint density at radius 3 is 1.33 bits per heavy atom. The molecule has 0 radical (unpaired) electrons. The van der Waals surface area contributed by atoms with Crippen molar-refractivity contribution in [1.29, 1.82) is 0 Å². The van der Waals surface area contributed by atoms with Gasteiger partial charge in [-0.2, -0.15) is 0 Å². The number of hydrogen-bond donors (Lipinski definition) is 0. The fourth-order valence-corrected chi connectivity index (χ4v) is 0. The van der Waals surface area contributed by atoms with E-state index in [0.29, 0.717) is 0 Å². The topological polar surface area (TPSA) is 17.1 Å². The monoisotopic (exact) mass is 371 g/mol. The van der Waals surface area contributed by atoms with Crippen molar-refractivity contribution in [3.8, 4) is 0 Å². The zero-order chi connectivity index (χ0) is 8.28. The quantitative estimate of drug-likeness (QED) is 0.596. The van der Waals surface area contributed by atoms with E-state index in [0.717, 1.165) is 0 Å². The van der Waals surface area contributed by atoms with Gasteiger partial charge in [-0.25, -0.2) is 0 Å². The Labute approximate surface area is 75.7 Å². The first kappa shape index (κ1) is 16.6. The molecule has 0 aromatic rings. The molecule has 0 atom stereocenters. The summed E-state index contributed by atoms with van der Waals surface area (Å²) in [5.74, 6) is 0. The summed E-state index contributed by atoms with van der Waals surface area (Å²) in [6.45, 7) is 6.00. The van der Waals surface area contributed by atoms with Crippen molar-refractivity contribution in [3.05, 3.63) is 13.2 Å². The van der Waals surface area contributed by atoms with Crippen LogP contribution in [0.25, 0.3) is 0 Å². The van der Waals surface area contributed by atoms with E-state index in [1.165, 1.54) is 0 Å². The van der Waals surface area contributed by atoms with Gasteiger partial charge in [0.05, 0.1) is 0 Å². The van der Waals surface area contributed by atoms with E-state index in [1.807, 2.05) is 0 Å². The normalized spacial score (nSPS) is 6.78. The van der Waals surface area contributed by atoms with Gasteiger partial charge in [0.2, 0.25) is 0 Å². The molecule has 0 N–H and O–H groups in total. The van der Waals surface area contributed by atoms with Crippen molar-refractivity contribution in [1.82, 2.24) is 0 Å². The Bertz CT molecular complexity index is 58.5. The van der Waals surface area contributed by atoms with Crippen LogP contribution in [-0.2, 0) is 27.3 Å². The SMILES string of the molecule is C=C.CS(C)=O.[Cl][Pt][Cl]. The average Bonchev–Trinajstić information content (AvgIpc) is 1.71. The third-order valence-corrected chi connectivity index (χ3v) is 0. The Balaban J connectivity index is -0.0000000646. The molecule has 0 rings (SSSR count). The third-order valence-electron chi connectivity index (χ3n) is 0. The molecule has 0 aliphatic rings. The summed E-state index contributed by atoms with van der Waals surface area (Å²) in [7, 11) is 9.14. The molecule has 0 aliphatic heterocycles. The Kier molecular flexibility index (Phi) is 42.3. The second kappa shape index (κ2) is 22.9. The van der Waals surface area contributed by atoms with Crippen molar-refractivity contribution < 1.29 is 20.7 Å². The van der Waals surface area contributed by atoms with Gasteiger partial charge in [0.25, 0.3) is 0 Å². The van der Waals surface area contributed by atoms with Gasteiger partial charge in [0, 0.05) is 23.3 Å². The van der Waals surface area contributed by atoms with E-state index in [-0.39, 0.29) is 0 Å². The van der Waals surface area contributed by atoms with Crippen LogP contribution >= 0.6 is 18.8 Å². The summed E-state index contributed by atoms with van der Waals surface area (Å²) in [5, 5.41) is 0. The van der Waals surface area contributed by atoms with Crippen LogP contribution in [0.3, 0.4) is 0 Å². The summed E-state index contributed by atoms with van der Waals surface area (Å²) < 4.78 is 9.56. The molecular weight excluding hydrogens is 362 g/mol. The van der Waals surface area contributed by atoms with Gasteiger partial charge >= 0.3 is 35.3 Å². The molecule has 0 saturated heterocycles. The van der Waals surface area contributed by atoms with Gasteiger partial charge in [0.1, 0.15) is 0 Å². The third kappa shape index (κ3) is 350. The van der Waals surface area contributed by atoms with Gasteiger partial charge in [-0.05, 0) is 0 Å². The van der Waals surface area contributed by atoms with Gasteiger partial charge in [-0.15, -0.1) is 13.2 Å². The maximum absolute atomic E-state index is 9.56. The minimum absolute atomic E-state index is 0.472. The van der Waals surface area contributed by atoms with E-state index >= 15 is 0 Å². The summed E-state index contributed by atoms with van der Waals surface area (Å²) >= 11 is -0.472. The summed E-state index contributed by atoms with van der Waals surface area (Å²) in [6.07, 6.45) is 3.28. The van der Waals surface area contributed by atoms with Crippen LogP contribution in [0.2, 0.25) is 0 Å². The Hall–Kier alpha value is 1.16. The van der Waals surface area contributed by atoms with Crippen LogP contribution in [0, 0.1) is 0 Å². The molecule has 0 heterocycles. The Morgan fingerprint density at radius 1 is 1.33 bits per heavy atom. The van der Waals surface area contributed by atoms with Crippen molar-refractivity contribution >= 4 is 29.6 Å². The number of hydrogen-bond acceptors (Lipinski definition) is 1. The second-order valence-electron chi connectivity index (χ2n) is 0.787. The zero-order valence-corrected chi connectivity index (χ0v) is 9.90. The average molecular weight is 372 g/mol. The van der Waals surface area contributed by atoms with Crippen molar-refractivity contribution in [2.24, 2.45) is 0 Å². The first-order valence-corrected chi connectivity index (χ1v) is 9.32. The fourth-order valence-electron chi connectivity index (χ4n) is 0. The fraction of sp³-hybridized carbons (Fsp3) is 0.500. The molecule has 5 heteroatoms. The first-order chi connectivity index (χ1) is 4.15. The van der Waals surface area contributed by atoms with E-state index in [9.17, 15) is 4.21 Å². The van der Waals surface area contributed by atoms with E-state index in [1.54, 1.807) is 12.5 Å². The van der Waals surface area contributed by atoms with Crippen LogP contribution in [0.4, 0.5) is 0 Å². The van der Waals surface area contributed by atoms with E-state index in [4.69, 9.17) is 18.8 Å². The van der Waals surface area contributed by atoms with Gasteiger partial charge in [-0.3, -0.25) is 4.21 Å². The predicted octanol–water partition coefficient (Wildman–Crippen LogP) is 2.17. The summed E-state index contributed by atoms with van der Waals surface area (Å²) in [5.41, 5.74) is 0. The van der Waals surface area contributed by atoms with Crippen LogP contribution in [0.1, 0.15) is 0 Å². The van der Waals surface area contributed by atoms with Crippen LogP contribution in [0.15, 0.2) is 13.2 Å². The number of halogens is 2. The molecule has 0 spiro atoms. The number of rotatable bonds is 0. The van der Waals surface area contributed by atoms with Crippen LogP contribution in [-0.4, -0.2) is 16.7 Å². The molecule has 62 valence electrons. The molecule has 0 unspecified atom stereocenters. The van der Waals surface area contributed by atoms with E-state index < -0.39 is 27.3 Å². The molecule has 0 amide bonds. The first-order valence-electron chi connectivity index (χ1n) is 1.72. The molecule has 9 heavy (non-hydrogen) atoms. The van der Waals surface area contributed by atoms with Crippen LogP contribution < -0.4 is 0 Å². The molecule has 0 aromatic heterocycles. The van der Waals surface area contributed by atoms with Crippen molar-refractivity contribution in [2.45, 2.75) is 0 Å². The summed E-state index contributed by atoms with van der Waals surface area (Å²) in [4.78, 5) is 0. The molecule has 0 saturated carbocycles. The Morgan fingerprint density at radius 2 is 1.33 bits per heavy atom. The maximum atomic E-state index is 9.56. The van der Waals surface area contributed by atoms with Gasteiger partial charge < -0.3 is 0 Å². The zero-order valence-electron chi connectivity index (χ0n) is 5.30. The van der Waals surface area contributed by atoms with Crippen LogP contribution in [0.5, 0.6) is 0 Å².